The van der Waals surface area contributed by atoms with Crippen LogP contribution in [0.25, 0.3) is 11.1 Å². The molecule has 3 rings (SSSR count). The van der Waals surface area contributed by atoms with E-state index in [1.54, 1.807) is 6.07 Å². The van der Waals surface area contributed by atoms with Gasteiger partial charge in [0.25, 0.3) is 0 Å². The van der Waals surface area contributed by atoms with E-state index in [2.05, 4.69) is 13.0 Å². The minimum Gasteiger partial charge on any atom is -0.206 e. The van der Waals surface area contributed by atoms with Crippen LogP contribution < -0.4 is 0 Å². The molecule has 86 valence electrons. The zero-order valence-electron chi connectivity index (χ0n) is 9.91. The van der Waals surface area contributed by atoms with E-state index in [4.69, 9.17) is 0 Å². The van der Waals surface area contributed by atoms with E-state index in [9.17, 15) is 4.39 Å². The molecule has 0 fully saturated rings. The van der Waals surface area contributed by atoms with Crippen molar-refractivity contribution in [3.05, 3.63) is 59.4 Å². The van der Waals surface area contributed by atoms with Gasteiger partial charge in [-0.3, -0.25) is 0 Å². The first kappa shape index (κ1) is 10.5. The van der Waals surface area contributed by atoms with Gasteiger partial charge in [-0.05, 0) is 41.5 Å². The number of hydrogen-bond acceptors (Lipinski definition) is 0. The molecular weight excluding hydrogens is 211 g/mol. The summed E-state index contributed by atoms with van der Waals surface area (Å²) in [6, 6.07) is 13.3. The summed E-state index contributed by atoms with van der Waals surface area (Å²) in [7, 11) is 0. The van der Waals surface area contributed by atoms with Crippen LogP contribution in [-0.4, -0.2) is 0 Å². The summed E-state index contributed by atoms with van der Waals surface area (Å²) in [5.41, 5.74) is 4.54. The lowest BCUT2D eigenvalue weighted by molar-refractivity contribution is 0.631. The maximum absolute atomic E-state index is 13.8. The van der Waals surface area contributed by atoms with Gasteiger partial charge in [0.2, 0.25) is 0 Å². The Bertz CT molecular complexity index is 557. The number of benzene rings is 2. The van der Waals surface area contributed by atoms with Crippen LogP contribution in [0.5, 0.6) is 0 Å². The summed E-state index contributed by atoms with van der Waals surface area (Å²) in [6.07, 6.45) is 2.25. The quantitative estimate of drug-likeness (QED) is 0.669. The van der Waals surface area contributed by atoms with Crippen molar-refractivity contribution in [1.82, 2.24) is 0 Å². The highest BCUT2D eigenvalue weighted by Crippen LogP contribution is 2.39. The molecule has 2 aromatic carbocycles. The summed E-state index contributed by atoms with van der Waals surface area (Å²) in [4.78, 5) is 0. The molecule has 0 spiro atoms. The van der Waals surface area contributed by atoms with Crippen molar-refractivity contribution in [2.45, 2.75) is 25.7 Å². The molecule has 1 heteroatoms. The number of rotatable bonds is 1. The van der Waals surface area contributed by atoms with E-state index < -0.39 is 0 Å². The van der Waals surface area contributed by atoms with E-state index >= 15 is 0 Å². The second kappa shape index (κ2) is 3.99. The summed E-state index contributed by atoms with van der Waals surface area (Å²) in [5, 5.41) is 0. The molecule has 1 aliphatic rings. The topological polar surface area (TPSA) is 0 Å². The third-order valence-corrected chi connectivity index (χ3v) is 3.73. The smallest absolute Gasteiger partial charge is 0.131 e. The number of hydrogen-bond donors (Lipinski definition) is 0. The highest BCUT2D eigenvalue weighted by molar-refractivity contribution is 5.70. The molecule has 2 aromatic rings. The third-order valence-electron chi connectivity index (χ3n) is 3.73. The first-order valence-electron chi connectivity index (χ1n) is 6.14. The molecule has 1 atom stereocenters. The Morgan fingerprint density at radius 2 is 1.76 bits per heavy atom. The largest absolute Gasteiger partial charge is 0.206 e. The van der Waals surface area contributed by atoms with Gasteiger partial charge in [-0.15, -0.1) is 0 Å². The number of fused-ring (bicyclic) bond motifs is 1. The standard InChI is InChI=1S/C16H15F/c1-11-9-10-14-12(11)6-4-7-13(14)15-5-2-3-8-16(15)17/h2-8,11H,9-10H2,1H3/t11-/m0/s1. The van der Waals surface area contributed by atoms with E-state index in [1.165, 1.54) is 23.6 Å². The lowest BCUT2D eigenvalue weighted by Crippen LogP contribution is -1.91. The van der Waals surface area contributed by atoms with E-state index in [0.29, 0.717) is 5.92 Å². The Labute approximate surface area is 101 Å². The van der Waals surface area contributed by atoms with Gasteiger partial charge in [-0.25, -0.2) is 4.39 Å². The van der Waals surface area contributed by atoms with Crippen LogP contribution >= 0.6 is 0 Å². The molecule has 0 nitrogen and oxygen atoms in total. The average Bonchev–Trinajstić information content (AvgIpc) is 2.72. The van der Waals surface area contributed by atoms with Gasteiger partial charge in [-0.2, -0.15) is 0 Å². The van der Waals surface area contributed by atoms with Crippen LogP contribution in [0.4, 0.5) is 4.39 Å². The monoisotopic (exact) mass is 226 g/mol. The lowest BCUT2D eigenvalue weighted by atomic mass is 9.95. The van der Waals surface area contributed by atoms with Gasteiger partial charge >= 0.3 is 0 Å². The molecule has 0 heterocycles. The van der Waals surface area contributed by atoms with Crippen LogP contribution in [0.3, 0.4) is 0 Å². The molecule has 1 aliphatic carbocycles. The summed E-state index contributed by atoms with van der Waals surface area (Å²) in [6.45, 7) is 2.25. The Morgan fingerprint density at radius 3 is 2.59 bits per heavy atom. The van der Waals surface area contributed by atoms with Crippen molar-refractivity contribution >= 4 is 0 Å². The first-order chi connectivity index (χ1) is 8.27. The van der Waals surface area contributed by atoms with Crippen molar-refractivity contribution in [1.29, 1.82) is 0 Å². The van der Waals surface area contributed by atoms with Gasteiger partial charge in [0.05, 0.1) is 0 Å². The molecular formula is C16H15F. The molecule has 0 bridgehead atoms. The van der Waals surface area contributed by atoms with E-state index in [-0.39, 0.29) is 5.82 Å². The predicted molar refractivity (Wildman–Crippen MR) is 68.6 cm³/mol. The van der Waals surface area contributed by atoms with Crippen LogP contribution in [-0.2, 0) is 6.42 Å². The van der Waals surface area contributed by atoms with Crippen LogP contribution in [0.1, 0.15) is 30.4 Å². The predicted octanol–water partition coefficient (Wildman–Crippen LogP) is 4.54. The Morgan fingerprint density at radius 1 is 1.00 bits per heavy atom. The fourth-order valence-corrected chi connectivity index (χ4v) is 2.79. The maximum Gasteiger partial charge on any atom is 0.131 e. The summed E-state index contributed by atoms with van der Waals surface area (Å²) < 4.78 is 13.8. The highest BCUT2D eigenvalue weighted by Gasteiger charge is 2.22. The fraction of sp³-hybridized carbons (Fsp3) is 0.250. The van der Waals surface area contributed by atoms with Gasteiger partial charge in [-0.1, -0.05) is 43.3 Å². The van der Waals surface area contributed by atoms with Gasteiger partial charge in [0, 0.05) is 5.56 Å². The fourth-order valence-electron chi connectivity index (χ4n) is 2.79. The van der Waals surface area contributed by atoms with Gasteiger partial charge < -0.3 is 0 Å². The SMILES string of the molecule is C[C@H]1CCc2c(-c3ccccc3F)cccc21. The zero-order chi connectivity index (χ0) is 11.8. The molecule has 0 N–H and O–H groups in total. The van der Waals surface area contributed by atoms with Gasteiger partial charge in [0.1, 0.15) is 5.82 Å². The minimum absolute atomic E-state index is 0.125. The molecule has 17 heavy (non-hydrogen) atoms. The highest BCUT2D eigenvalue weighted by atomic mass is 19.1. The van der Waals surface area contributed by atoms with E-state index in [1.807, 2.05) is 24.3 Å². The zero-order valence-corrected chi connectivity index (χ0v) is 9.91. The number of halogens is 1. The maximum atomic E-state index is 13.8. The van der Waals surface area contributed by atoms with Crippen molar-refractivity contribution in [3.63, 3.8) is 0 Å². The lowest BCUT2D eigenvalue weighted by Gasteiger charge is -2.10. The molecule has 0 aromatic heterocycles. The Kier molecular flexibility index (Phi) is 2.47. The Hall–Kier alpha value is -1.63. The second-order valence-electron chi connectivity index (χ2n) is 4.79. The molecule has 0 radical (unpaired) electrons. The Balaban J connectivity index is 2.20. The first-order valence-corrected chi connectivity index (χ1v) is 6.14. The molecule has 0 amide bonds. The van der Waals surface area contributed by atoms with Crippen molar-refractivity contribution in [2.24, 2.45) is 0 Å². The molecule has 0 saturated carbocycles. The summed E-state index contributed by atoms with van der Waals surface area (Å²) >= 11 is 0. The third kappa shape index (κ3) is 1.66. The second-order valence-corrected chi connectivity index (χ2v) is 4.79. The summed E-state index contributed by atoms with van der Waals surface area (Å²) in [5.74, 6) is 0.483. The normalized spacial score (nSPS) is 18.1. The molecule has 0 unspecified atom stereocenters. The van der Waals surface area contributed by atoms with Crippen molar-refractivity contribution in [3.8, 4) is 11.1 Å². The molecule has 0 aliphatic heterocycles. The molecule has 0 saturated heterocycles. The van der Waals surface area contributed by atoms with Crippen molar-refractivity contribution in [2.75, 3.05) is 0 Å². The van der Waals surface area contributed by atoms with Crippen molar-refractivity contribution < 1.29 is 4.39 Å². The van der Waals surface area contributed by atoms with Crippen LogP contribution in [0.15, 0.2) is 42.5 Å². The van der Waals surface area contributed by atoms with Crippen LogP contribution in [0.2, 0.25) is 0 Å². The van der Waals surface area contributed by atoms with Crippen LogP contribution in [0, 0.1) is 5.82 Å². The minimum atomic E-state index is -0.125. The van der Waals surface area contributed by atoms with Gasteiger partial charge in [0.15, 0.2) is 0 Å². The van der Waals surface area contributed by atoms with E-state index in [0.717, 1.165) is 17.5 Å². The average molecular weight is 226 g/mol.